The third kappa shape index (κ3) is 7.35. The summed E-state index contributed by atoms with van der Waals surface area (Å²) in [7, 11) is 1.98. The summed E-state index contributed by atoms with van der Waals surface area (Å²) in [4.78, 5) is 19.9. The summed E-state index contributed by atoms with van der Waals surface area (Å²) in [5, 5.41) is 6.15. The van der Waals surface area contributed by atoms with Gasteiger partial charge in [0.2, 0.25) is 5.91 Å². The van der Waals surface area contributed by atoms with Gasteiger partial charge in [-0.05, 0) is 36.4 Å². The van der Waals surface area contributed by atoms with Crippen LogP contribution in [0.2, 0.25) is 0 Å². The summed E-state index contributed by atoms with van der Waals surface area (Å²) in [5.74, 6) is 0.633. The summed E-state index contributed by atoms with van der Waals surface area (Å²) in [5.41, 5.74) is 2.28. The standard InChI is InChI=1S/C21H28N4OS/c1-4-22-21(25(2)16-18-10-12-19(27-3)13-11-18)24-15-20(26)23-14-17-8-6-5-7-9-17/h5-13H,4,14-16H2,1-3H3,(H,22,24)(H,23,26). The fraction of sp³-hybridized carbons (Fsp3) is 0.333. The van der Waals surface area contributed by atoms with Crippen LogP contribution in [0.4, 0.5) is 0 Å². The number of nitrogens with one attached hydrogen (secondary N) is 2. The molecule has 0 atom stereocenters. The van der Waals surface area contributed by atoms with Crippen molar-refractivity contribution in [2.75, 3.05) is 26.4 Å². The topological polar surface area (TPSA) is 56.7 Å². The lowest BCUT2D eigenvalue weighted by molar-refractivity contribution is -0.119. The molecule has 0 aliphatic heterocycles. The van der Waals surface area contributed by atoms with E-state index in [2.05, 4.69) is 46.1 Å². The van der Waals surface area contributed by atoms with Crippen LogP contribution in [0.25, 0.3) is 0 Å². The van der Waals surface area contributed by atoms with Gasteiger partial charge in [-0.3, -0.25) is 4.79 Å². The summed E-state index contributed by atoms with van der Waals surface area (Å²) in [6.45, 7) is 4.12. The first-order chi connectivity index (χ1) is 13.1. The average Bonchev–Trinajstić information content (AvgIpc) is 2.70. The first-order valence-corrected chi connectivity index (χ1v) is 10.3. The van der Waals surface area contributed by atoms with Crippen molar-refractivity contribution in [1.29, 1.82) is 0 Å². The maximum Gasteiger partial charge on any atom is 0.242 e. The zero-order valence-electron chi connectivity index (χ0n) is 16.2. The van der Waals surface area contributed by atoms with E-state index in [-0.39, 0.29) is 12.5 Å². The smallest absolute Gasteiger partial charge is 0.242 e. The Bertz CT molecular complexity index is 732. The minimum atomic E-state index is -0.0908. The number of carbonyl (C=O) groups is 1. The fourth-order valence-electron chi connectivity index (χ4n) is 2.55. The minimum Gasteiger partial charge on any atom is -0.357 e. The van der Waals surface area contributed by atoms with E-state index in [1.807, 2.05) is 49.2 Å². The first-order valence-electron chi connectivity index (χ1n) is 9.05. The molecule has 2 aromatic carbocycles. The number of aliphatic imine (C=N–C) groups is 1. The first kappa shape index (κ1) is 20.8. The van der Waals surface area contributed by atoms with Crippen molar-refractivity contribution >= 4 is 23.6 Å². The van der Waals surface area contributed by atoms with Crippen molar-refractivity contribution in [3.63, 3.8) is 0 Å². The molecule has 0 spiro atoms. The van der Waals surface area contributed by atoms with Crippen molar-refractivity contribution in [2.45, 2.75) is 24.9 Å². The van der Waals surface area contributed by atoms with E-state index in [1.54, 1.807) is 11.8 Å². The Morgan fingerprint density at radius 3 is 2.37 bits per heavy atom. The van der Waals surface area contributed by atoms with Crippen molar-refractivity contribution in [3.05, 3.63) is 65.7 Å². The predicted octanol–water partition coefficient (Wildman–Crippen LogP) is 3.12. The lowest BCUT2D eigenvalue weighted by Gasteiger charge is -2.22. The average molecular weight is 385 g/mol. The second-order valence-electron chi connectivity index (χ2n) is 6.14. The van der Waals surface area contributed by atoms with Crippen LogP contribution < -0.4 is 10.6 Å². The maximum atomic E-state index is 12.1. The Hall–Kier alpha value is -2.47. The Kier molecular flexibility index (Phi) is 8.71. The number of benzene rings is 2. The van der Waals surface area contributed by atoms with E-state index < -0.39 is 0 Å². The number of hydrogen-bond acceptors (Lipinski definition) is 3. The second kappa shape index (κ2) is 11.3. The molecule has 2 rings (SSSR count). The highest BCUT2D eigenvalue weighted by atomic mass is 32.2. The highest BCUT2D eigenvalue weighted by Crippen LogP contribution is 2.15. The summed E-state index contributed by atoms with van der Waals surface area (Å²) in [6, 6.07) is 18.4. The SMILES string of the molecule is CCNC(=NCC(=O)NCc1ccccc1)N(C)Cc1ccc(SC)cc1. The highest BCUT2D eigenvalue weighted by molar-refractivity contribution is 7.98. The third-order valence-electron chi connectivity index (χ3n) is 3.98. The van der Waals surface area contributed by atoms with Crippen LogP contribution >= 0.6 is 11.8 Å². The zero-order valence-corrected chi connectivity index (χ0v) is 17.1. The normalized spacial score (nSPS) is 11.1. The van der Waals surface area contributed by atoms with Crippen LogP contribution in [0.3, 0.4) is 0 Å². The molecule has 27 heavy (non-hydrogen) atoms. The van der Waals surface area contributed by atoms with E-state index >= 15 is 0 Å². The predicted molar refractivity (Wildman–Crippen MR) is 114 cm³/mol. The molecule has 0 saturated carbocycles. The van der Waals surface area contributed by atoms with Crippen molar-refractivity contribution in [3.8, 4) is 0 Å². The molecule has 0 bridgehead atoms. The van der Waals surface area contributed by atoms with Gasteiger partial charge in [0.25, 0.3) is 0 Å². The van der Waals surface area contributed by atoms with Crippen LogP contribution in [0, 0.1) is 0 Å². The van der Waals surface area contributed by atoms with Gasteiger partial charge in [-0.25, -0.2) is 4.99 Å². The molecule has 0 aromatic heterocycles. The van der Waals surface area contributed by atoms with Gasteiger partial charge < -0.3 is 15.5 Å². The number of rotatable bonds is 8. The minimum absolute atomic E-state index is 0.0908. The van der Waals surface area contributed by atoms with Crippen LogP contribution in [0.5, 0.6) is 0 Å². The Morgan fingerprint density at radius 1 is 1.04 bits per heavy atom. The summed E-state index contributed by atoms with van der Waals surface area (Å²) < 4.78 is 0. The van der Waals surface area contributed by atoms with Gasteiger partial charge in [-0.2, -0.15) is 0 Å². The van der Waals surface area contributed by atoms with E-state index in [4.69, 9.17) is 0 Å². The molecule has 0 heterocycles. The largest absolute Gasteiger partial charge is 0.357 e. The Balaban J connectivity index is 1.90. The van der Waals surface area contributed by atoms with E-state index in [0.29, 0.717) is 6.54 Å². The van der Waals surface area contributed by atoms with Crippen LogP contribution in [0.1, 0.15) is 18.1 Å². The second-order valence-corrected chi connectivity index (χ2v) is 7.02. The lowest BCUT2D eigenvalue weighted by Crippen LogP contribution is -2.39. The molecule has 2 aromatic rings. The molecular formula is C21H28N4OS. The highest BCUT2D eigenvalue weighted by Gasteiger charge is 2.08. The number of guanidine groups is 1. The molecular weight excluding hydrogens is 356 g/mol. The molecule has 2 N–H and O–H groups in total. The van der Waals surface area contributed by atoms with Crippen molar-refractivity contribution in [1.82, 2.24) is 15.5 Å². The Labute approximate surface area is 166 Å². The van der Waals surface area contributed by atoms with Gasteiger partial charge in [0.1, 0.15) is 6.54 Å². The van der Waals surface area contributed by atoms with Gasteiger partial charge in [-0.1, -0.05) is 42.5 Å². The molecule has 0 saturated heterocycles. The molecule has 0 radical (unpaired) electrons. The van der Waals surface area contributed by atoms with Gasteiger partial charge >= 0.3 is 0 Å². The monoisotopic (exact) mass is 384 g/mol. The molecule has 5 nitrogen and oxygen atoms in total. The van der Waals surface area contributed by atoms with E-state index in [0.717, 1.165) is 24.6 Å². The molecule has 1 amide bonds. The van der Waals surface area contributed by atoms with Gasteiger partial charge in [0.05, 0.1) is 0 Å². The third-order valence-corrected chi connectivity index (χ3v) is 4.72. The number of carbonyl (C=O) groups excluding carboxylic acids is 1. The van der Waals surface area contributed by atoms with E-state index in [1.165, 1.54) is 10.5 Å². The molecule has 0 fully saturated rings. The molecule has 0 aliphatic carbocycles. The van der Waals surface area contributed by atoms with Crippen LogP contribution in [0.15, 0.2) is 64.5 Å². The van der Waals surface area contributed by atoms with Crippen molar-refractivity contribution < 1.29 is 4.79 Å². The fourth-order valence-corrected chi connectivity index (χ4v) is 2.96. The summed E-state index contributed by atoms with van der Waals surface area (Å²) in [6.07, 6.45) is 2.07. The molecule has 0 unspecified atom stereocenters. The zero-order chi connectivity index (χ0) is 19.5. The maximum absolute atomic E-state index is 12.1. The summed E-state index contributed by atoms with van der Waals surface area (Å²) >= 11 is 1.73. The molecule has 144 valence electrons. The van der Waals surface area contributed by atoms with Gasteiger partial charge in [0, 0.05) is 31.6 Å². The molecule has 6 heteroatoms. The Morgan fingerprint density at radius 2 is 1.74 bits per heavy atom. The van der Waals surface area contributed by atoms with Crippen LogP contribution in [-0.2, 0) is 17.9 Å². The van der Waals surface area contributed by atoms with Gasteiger partial charge in [-0.15, -0.1) is 11.8 Å². The van der Waals surface area contributed by atoms with Crippen molar-refractivity contribution in [2.24, 2.45) is 4.99 Å². The van der Waals surface area contributed by atoms with E-state index in [9.17, 15) is 4.79 Å². The number of hydrogen-bond donors (Lipinski definition) is 2. The van der Waals surface area contributed by atoms with Crippen LogP contribution in [-0.4, -0.2) is 43.2 Å². The quantitative estimate of drug-likeness (QED) is 0.417. The number of nitrogens with zero attached hydrogens (tertiary/aromatic N) is 2. The van der Waals surface area contributed by atoms with Gasteiger partial charge in [0.15, 0.2) is 5.96 Å². The molecule has 0 aliphatic rings. The number of amides is 1. The lowest BCUT2D eigenvalue weighted by atomic mass is 10.2. The number of thioether (sulfide) groups is 1.